The predicted octanol–water partition coefficient (Wildman–Crippen LogP) is 5.57. The molecule has 0 spiro atoms. The van der Waals surface area contributed by atoms with Gasteiger partial charge in [0.2, 0.25) is 0 Å². The Kier molecular flexibility index (Phi) is 3.74. The Morgan fingerprint density at radius 3 is 2.05 bits per heavy atom. The molecule has 0 aromatic heterocycles. The third-order valence-electron chi connectivity index (χ3n) is 3.95. The van der Waals surface area contributed by atoms with Crippen LogP contribution in [0.1, 0.15) is 24.0 Å². The molecule has 1 aliphatic carbocycles. The van der Waals surface area contributed by atoms with Gasteiger partial charge in [0.05, 0.1) is 5.41 Å². The maximum absolute atomic E-state index is 13.0. The molecule has 2 aromatic rings. The number of alkyl halides is 3. The van der Waals surface area contributed by atoms with E-state index in [1.165, 1.54) is 5.56 Å². The summed E-state index contributed by atoms with van der Waals surface area (Å²) in [6, 6.07) is 16.9. The Balaban J connectivity index is 1.68. The van der Waals surface area contributed by atoms with Crippen LogP contribution in [-0.2, 0) is 11.2 Å². The molecule has 0 aliphatic heterocycles. The largest absolute Gasteiger partial charge is 0.398 e. The maximum Gasteiger partial charge on any atom is 0.398 e. The molecule has 0 atom stereocenters. The summed E-state index contributed by atoms with van der Waals surface area (Å²) >= 11 is 1.64. The molecule has 0 nitrogen and oxygen atoms in total. The van der Waals surface area contributed by atoms with Gasteiger partial charge in [0, 0.05) is 10.6 Å². The molecule has 0 radical (unpaired) electrons. The van der Waals surface area contributed by atoms with E-state index in [-0.39, 0.29) is 12.8 Å². The lowest BCUT2D eigenvalue weighted by Gasteiger charge is -2.19. The molecule has 4 heteroatoms. The van der Waals surface area contributed by atoms with E-state index in [9.17, 15) is 13.2 Å². The van der Waals surface area contributed by atoms with Crippen molar-refractivity contribution in [1.29, 1.82) is 0 Å². The van der Waals surface area contributed by atoms with E-state index >= 15 is 0 Å². The molecule has 3 rings (SSSR count). The van der Waals surface area contributed by atoms with E-state index in [1.54, 1.807) is 36.0 Å². The number of benzene rings is 2. The SMILES string of the molecule is FC(F)(F)C1(c2ccc(SCc3ccccc3)cc2)CC1. The summed E-state index contributed by atoms with van der Waals surface area (Å²) in [4.78, 5) is 1.00. The van der Waals surface area contributed by atoms with Gasteiger partial charge in [0.15, 0.2) is 0 Å². The molecule has 0 N–H and O–H groups in total. The zero-order valence-corrected chi connectivity index (χ0v) is 12.2. The van der Waals surface area contributed by atoms with Crippen LogP contribution in [-0.4, -0.2) is 6.18 Å². The number of rotatable bonds is 4. The minimum Gasteiger partial charge on any atom is -0.170 e. The van der Waals surface area contributed by atoms with E-state index in [4.69, 9.17) is 0 Å². The summed E-state index contributed by atoms with van der Waals surface area (Å²) in [5.74, 6) is 0.824. The summed E-state index contributed by atoms with van der Waals surface area (Å²) in [6.45, 7) is 0. The predicted molar refractivity (Wildman–Crippen MR) is 79.4 cm³/mol. The van der Waals surface area contributed by atoms with Crippen LogP contribution >= 0.6 is 11.8 Å². The van der Waals surface area contributed by atoms with Crippen LogP contribution in [0.15, 0.2) is 59.5 Å². The second kappa shape index (κ2) is 5.41. The van der Waals surface area contributed by atoms with Gasteiger partial charge in [-0.3, -0.25) is 0 Å². The molecule has 0 bridgehead atoms. The summed E-state index contributed by atoms with van der Waals surface area (Å²) in [5, 5.41) is 0. The molecule has 0 heterocycles. The van der Waals surface area contributed by atoms with E-state index < -0.39 is 11.6 Å². The summed E-state index contributed by atoms with van der Waals surface area (Å²) in [7, 11) is 0. The molecule has 0 unspecified atom stereocenters. The van der Waals surface area contributed by atoms with E-state index in [1.807, 2.05) is 30.3 Å². The normalized spacial score (nSPS) is 16.7. The van der Waals surface area contributed by atoms with Gasteiger partial charge in [-0.05, 0) is 36.1 Å². The fourth-order valence-corrected chi connectivity index (χ4v) is 3.33. The fourth-order valence-electron chi connectivity index (χ4n) is 2.47. The number of hydrogen-bond acceptors (Lipinski definition) is 1. The average molecular weight is 308 g/mol. The lowest BCUT2D eigenvalue weighted by Crippen LogP contribution is -2.28. The van der Waals surface area contributed by atoms with Crippen molar-refractivity contribution in [2.24, 2.45) is 0 Å². The van der Waals surface area contributed by atoms with Crippen molar-refractivity contribution in [2.45, 2.75) is 35.1 Å². The van der Waals surface area contributed by atoms with E-state index in [0.29, 0.717) is 5.56 Å². The summed E-state index contributed by atoms with van der Waals surface area (Å²) in [6.07, 6.45) is -3.70. The Labute approximate surface area is 126 Å². The standard InChI is InChI=1S/C17H15F3S/c18-17(19,20)16(10-11-16)14-6-8-15(9-7-14)21-12-13-4-2-1-3-5-13/h1-9H,10-12H2. The molecular weight excluding hydrogens is 293 g/mol. The Morgan fingerprint density at radius 2 is 1.52 bits per heavy atom. The summed E-state index contributed by atoms with van der Waals surface area (Å²) in [5.41, 5.74) is 0.0370. The van der Waals surface area contributed by atoms with Crippen molar-refractivity contribution >= 4 is 11.8 Å². The molecule has 2 aromatic carbocycles. The number of hydrogen-bond donors (Lipinski definition) is 0. The molecule has 1 fully saturated rings. The molecule has 21 heavy (non-hydrogen) atoms. The van der Waals surface area contributed by atoms with Gasteiger partial charge in [0.25, 0.3) is 0 Å². The monoisotopic (exact) mass is 308 g/mol. The topological polar surface area (TPSA) is 0 Å². The van der Waals surface area contributed by atoms with Crippen molar-refractivity contribution < 1.29 is 13.2 Å². The van der Waals surface area contributed by atoms with Gasteiger partial charge in [-0.25, -0.2) is 0 Å². The number of thioether (sulfide) groups is 1. The fraction of sp³-hybridized carbons (Fsp3) is 0.294. The van der Waals surface area contributed by atoms with Crippen molar-refractivity contribution in [3.8, 4) is 0 Å². The number of halogens is 3. The average Bonchev–Trinajstić information content (AvgIpc) is 3.28. The third-order valence-corrected chi connectivity index (χ3v) is 5.03. The van der Waals surface area contributed by atoms with Gasteiger partial charge in [0.1, 0.15) is 0 Å². The van der Waals surface area contributed by atoms with E-state index in [2.05, 4.69) is 0 Å². The van der Waals surface area contributed by atoms with Crippen LogP contribution in [0.5, 0.6) is 0 Å². The van der Waals surface area contributed by atoms with E-state index in [0.717, 1.165) is 10.6 Å². The first-order chi connectivity index (χ1) is 10.0. The first kappa shape index (κ1) is 14.5. The molecule has 0 saturated heterocycles. The van der Waals surface area contributed by atoms with Crippen molar-refractivity contribution in [3.63, 3.8) is 0 Å². The maximum atomic E-state index is 13.0. The summed E-state index contributed by atoms with van der Waals surface area (Å²) < 4.78 is 39.1. The van der Waals surface area contributed by atoms with Crippen molar-refractivity contribution in [3.05, 3.63) is 65.7 Å². The highest BCUT2D eigenvalue weighted by Crippen LogP contribution is 2.58. The highest BCUT2D eigenvalue weighted by Gasteiger charge is 2.64. The van der Waals surface area contributed by atoms with Crippen LogP contribution in [0.2, 0.25) is 0 Å². The Bertz CT molecular complexity index is 598. The highest BCUT2D eigenvalue weighted by atomic mass is 32.2. The molecule has 0 amide bonds. The first-order valence-electron chi connectivity index (χ1n) is 6.85. The van der Waals surface area contributed by atoms with Crippen LogP contribution in [0.25, 0.3) is 0 Å². The van der Waals surface area contributed by atoms with Crippen molar-refractivity contribution in [1.82, 2.24) is 0 Å². The van der Waals surface area contributed by atoms with Gasteiger partial charge >= 0.3 is 6.18 Å². The van der Waals surface area contributed by atoms with Crippen LogP contribution < -0.4 is 0 Å². The van der Waals surface area contributed by atoms with Gasteiger partial charge < -0.3 is 0 Å². The van der Waals surface area contributed by atoms with Crippen molar-refractivity contribution in [2.75, 3.05) is 0 Å². The van der Waals surface area contributed by atoms with Crippen LogP contribution in [0.4, 0.5) is 13.2 Å². The molecule has 1 saturated carbocycles. The lowest BCUT2D eigenvalue weighted by atomic mass is 9.95. The molecule has 1 aliphatic rings. The zero-order valence-electron chi connectivity index (χ0n) is 11.4. The minimum atomic E-state index is -4.13. The van der Waals surface area contributed by atoms with Gasteiger partial charge in [-0.15, -0.1) is 11.8 Å². The highest BCUT2D eigenvalue weighted by molar-refractivity contribution is 7.98. The van der Waals surface area contributed by atoms with Crippen LogP contribution in [0, 0.1) is 0 Å². The first-order valence-corrected chi connectivity index (χ1v) is 7.84. The minimum absolute atomic E-state index is 0.215. The second-order valence-electron chi connectivity index (χ2n) is 5.38. The van der Waals surface area contributed by atoms with Gasteiger partial charge in [-0.1, -0.05) is 42.5 Å². The molecular formula is C17H15F3S. The quantitative estimate of drug-likeness (QED) is 0.665. The van der Waals surface area contributed by atoms with Crippen LogP contribution in [0.3, 0.4) is 0 Å². The Morgan fingerprint density at radius 1 is 0.905 bits per heavy atom. The smallest absolute Gasteiger partial charge is 0.170 e. The zero-order chi connectivity index (χ0) is 14.9. The lowest BCUT2D eigenvalue weighted by molar-refractivity contribution is -0.160. The van der Waals surface area contributed by atoms with Gasteiger partial charge in [-0.2, -0.15) is 13.2 Å². The molecule has 110 valence electrons. The second-order valence-corrected chi connectivity index (χ2v) is 6.43. The Hall–Kier alpha value is -1.42. The third kappa shape index (κ3) is 2.95.